The molecule has 0 aliphatic heterocycles. The van der Waals surface area contributed by atoms with E-state index in [1.807, 2.05) is 13.8 Å². The van der Waals surface area contributed by atoms with Gasteiger partial charge in [0.1, 0.15) is 0 Å². The maximum absolute atomic E-state index is 11.9. The minimum atomic E-state index is -0.477. The second-order valence-corrected chi connectivity index (χ2v) is 4.66. The molecule has 5 N–H and O–H groups in total. The molecule has 1 atom stereocenters. The number of rotatable bonds is 6. The maximum atomic E-state index is 11.9. The van der Waals surface area contributed by atoms with Crippen molar-refractivity contribution in [1.29, 1.82) is 0 Å². The number of amides is 2. The molecule has 1 unspecified atom stereocenters. The van der Waals surface area contributed by atoms with E-state index >= 15 is 0 Å². The number of nitrogens with one attached hydrogen (secondary N) is 1. The lowest BCUT2D eigenvalue weighted by molar-refractivity contribution is -0.117. The third kappa shape index (κ3) is 4.37. The fourth-order valence-electron chi connectivity index (χ4n) is 1.81. The van der Waals surface area contributed by atoms with Gasteiger partial charge in [-0.25, -0.2) is 0 Å². The molecule has 0 heterocycles. The predicted molar refractivity (Wildman–Crippen MR) is 75.8 cm³/mol. The molecule has 0 spiro atoms. The van der Waals surface area contributed by atoms with E-state index in [1.54, 1.807) is 18.2 Å². The Balaban J connectivity index is 2.72. The standard InChI is InChI=1S/C14H21N3O2/c1-3-10(8-15)7-13(18)17-12-5-4-11(14(16)19)6-9(12)2/h4-6,10H,3,7-8,15H2,1-2H3,(H2,16,19)(H,17,18). The van der Waals surface area contributed by atoms with Crippen LogP contribution in [0, 0.1) is 12.8 Å². The summed E-state index contributed by atoms with van der Waals surface area (Å²) in [4.78, 5) is 22.9. The zero-order chi connectivity index (χ0) is 14.4. The van der Waals surface area contributed by atoms with Gasteiger partial charge in [0.2, 0.25) is 11.8 Å². The summed E-state index contributed by atoms with van der Waals surface area (Å²) in [6.45, 7) is 4.34. The van der Waals surface area contributed by atoms with Gasteiger partial charge in [-0.3, -0.25) is 9.59 Å². The maximum Gasteiger partial charge on any atom is 0.248 e. The molecule has 104 valence electrons. The van der Waals surface area contributed by atoms with Crippen molar-refractivity contribution in [3.8, 4) is 0 Å². The van der Waals surface area contributed by atoms with Crippen molar-refractivity contribution in [3.05, 3.63) is 29.3 Å². The molecule has 1 aromatic carbocycles. The van der Waals surface area contributed by atoms with Gasteiger partial charge in [-0.2, -0.15) is 0 Å². The normalized spacial score (nSPS) is 11.9. The van der Waals surface area contributed by atoms with Crippen LogP contribution in [0.15, 0.2) is 18.2 Å². The SMILES string of the molecule is CCC(CN)CC(=O)Nc1ccc(C(N)=O)cc1C. The van der Waals surface area contributed by atoms with Gasteiger partial charge < -0.3 is 16.8 Å². The quantitative estimate of drug-likeness (QED) is 0.723. The van der Waals surface area contributed by atoms with Crippen LogP contribution in [0.5, 0.6) is 0 Å². The highest BCUT2D eigenvalue weighted by atomic mass is 16.2. The van der Waals surface area contributed by atoms with Crippen LogP contribution in [0.25, 0.3) is 0 Å². The number of hydrogen-bond donors (Lipinski definition) is 3. The molecule has 2 amide bonds. The van der Waals surface area contributed by atoms with Crippen molar-refractivity contribution >= 4 is 17.5 Å². The number of primary amides is 1. The average Bonchev–Trinajstić information content (AvgIpc) is 2.38. The van der Waals surface area contributed by atoms with Gasteiger partial charge in [-0.05, 0) is 43.1 Å². The van der Waals surface area contributed by atoms with Crippen LogP contribution in [0.2, 0.25) is 0 Å². The van der Waals surface area contributed by atoms with Crippen molar-refractivity contribution in [2.75, 3.05) is 11.9 Å². The molecule has 0 aliphatic rings. The number of hydrogen-bond acceptors (Lipinski definition) is 3. The van der Waals surface area contributed by atoms with E-state index in [1.165, 1.54) is 0 Å². The topological polar surface area (TPSA) is 98.2 Å². The molecule has 1 aromatic rings. The van der Waals surface area contributed by atoms with Gasteiger partial charge >= 0.3 is 0 Å². The first-order valence-electron chi connectivity index (χ1n) is 6.38. The second-order valence-electron chi connectivity index (χ2n) is 4.66. The van der Waals surface area contributed by atoms with Crippen LogP contribution in [-0.4, -0.2) is 18.4 Å². The molecule has 5 heteroatoms. The van der Waals surface area contributed by atoms with E-state index in [2.05, 4.69) is 5.32 Å². The third-order valence-corrected chi connectivity index (χ3v) is 3.17. The summed E-state index contributed by atoms with van der Waals surface area (Å²) < 4.78 is 0. The third-order valence-electron chi connectivity index (χ3n) is 3.17. The highest BCUT2D eigenvalue weighted by Gasteiger charge is 2.12. The van der Waals surface area contributed by atoms with Gasteiger partial charge in [0.05, 0.1) is 0 Å². The van der Waals surface area contributed by atoms with Gasteiger partial charge in [-0.1, -0.05) is 13.3 Å². The Hall–Kier alpha value is -1.88. The van der Waals surface area contributed by atoms with Crippen LogP contribution < -0.4 is 16.8 Å². The van der Waals surface area contributed by atoms with Crippen molar-refractivity contribution in [2.45, 2.75) is 26.7 Å². The van der Waals surface area contributed by atoms with Gasteiger partial charge in [0, 0.05) is 17.7 Å². The summed E-state index contributed by atoms with van der Waals surface area (Å²) >= 11 is 0. The summed E-state index contributed by atoms with van der Waals surface area (Å²) in [7, 11) is 0. The first-order valence-corrected chi connectivity index (χ1v) is 6.38. The van der Waals surface area contributed by atoms with Crippen LogP contribution in [0.3, 0.4) is 0 Å². The van der Waals surface area contributed by atoms with Crippen LogP contribution >= 0.6 is 0 Å². The molecule has 0 fully saturated rings. The lowest BCUT2D eigenvalue weighted by Crippen LogP contribution is -2.22. The molecule has 1 rings (SSSR count). The van der Waals surface area contributed by atoms with Crippen LogP contribution in [0.4, 0.5) is 5.69 Å². The first-order chi connectivity index (χ1) is 8.97. The molecular formula is C14H21N3O2. The van der Waals surface area contributed by atoms with Crippen LogP contribution in [0.1, 0.15) is 35.7 Å². The summed E-state index contributed by atoms with van der Waals surface area (Å²) in [5.41, 5.74) is 12.7. The Bertz CT molecular complexity index is 468. The minimum absolute atomic E-state index is 0.0628. The highest BCUT2D eigenvalue weighted by molar-refractivity contribution is 5.95. The predicted octanol–water partition coefficient (Wildman–Crippen LogP) is 1.41. The van der Waals surface area contributed by atoms with Crippen molar-refractivity contribution in [3.63, 3.8) is 0 Å². The summed E-state index contributed by atoms with van der Waals surface area (Å²) in [6, 6.07) is 4.96. The van der Waals surface area contributed by atoms with Crippen LogP contribution in [-0.2, 0) is 4.79 Å². The highest BCUT2D eigenvalue weighted by Crippen LogP contribution is 2.17. The number of nitrogens with two attached hydrogens (primary N) is 2. The Kier molecular flexibility index (Phi) is 5.51. The molecule has 0 saturated carbocycles. The van der Waals surface area contributed by atoms with Gasteiger partial charge in [0.15, 0.2) is 0 Å². The van der Waals surface area contributed by atoms with Crippen molar-refractivity contribution in [2.24, 2.45) is 17.4 Å². The van der Waals surface area contributed by atoms with E-state index in [9.17, 15) is 9.59 Å². The molecule has 5 nitrogen and oxygen atoms in total. The van der Waals surface area contributed by atoms with Crippen molar-refractivity contribution < 1.29 is 9.59 Å². The number of anilines is 1. The largest absolute Gasteiger partial charge is 0.366 e. The van der Waals surface area contributed by atoms with E-state index < -0.39 is 5.91 Å². The molecule has 0 saturated heterocycles. The van der Waals surface area contributed by atoms with E-state index in [-0.39, 0.29) is 11.8 Å². The average molecular weight is 263 g/mol. The molecule has 0 aliphatic carbocycles. The Morgan fingerprint density at radius 3 is 2.53 bits per heavy atom. The van der Waals surface area contributed by atoms with E-state index in [0.717, 1.165) is 12.0 Å². The van der Waals surface area contributed by atoms with Gasteiger partial charge in [0.25, 0.3) is 0 Å². The Morgan fingerprint density at radius 1 is 1.37 bits per heavy atom. The number of carbonyl (C=O) groups excluding carboxylic acids is 2. The fraction of sp³-hybridized carbons (Fsp3) is 0.429. The minimum Gasteiger partial charge on any atom is -0.366 e. The zero-order valence-electron chi connectivity index (χ0n) is 11.4. The zero-order valence-corrected chi connectivity index (χ0v) is 11.4. The van der Waals surface area contributed by atoms with E-state index in [4.69, 9.17) is 11.5 Å². The lowest BCUT2D eigenvalue weighted by atomic mass is 10.0. The smallest absolute Gasteiger partial charge is 0.248 e. The monoisotopic (exact) mass is 263 g/mol. The Labute approximate surface area is 113 Å². The Morgan fingerprint density at radius 2 is 2.05 bits per heavy atom. The summed E-state index contributed by atoms with van der Waals surface area (Å²) in [5, 5.41) is 2.83. The van der Waals surface area contributed by atoms with E-state index in [0.29, 0.717) is 24.2 Å². The van der Waals surface area contributed by atoms with Gasteiger partial charge in [-0.15, -0.1) is 0 Å². The number of carbonyl (C=O) groups is 2. The number of aryl methyl sites for hydroxylation is 1. The molecule has 0 radical (unpaired) electrons. The fourth-order valence-corrected chi connectivity index (χ4v) is 1.81. The van der Waals surface area contributed by atoms with Crippen molar-refractivity contribution in [1.82, 2.24) is 0 Å². The number of benzene rings is 1. The molecule has 19 heavy (non-hydrogen) atoms. The molecular weight excluding hydrogens is 242 g/mol. The second kappa shape index (κ2) is 6.89. The summed E-state index contributed by atoms with van der Waals surface area (Å²) in [5.74, 6) is -0.340. The lowest BCUT2D eigenvalue weighted by Gasteiger charge is -2.13. The molecule has 0 bridgehead atoms. The summed E-state index contributed by atoms with van der Waals surface area (Å²) in [6.07, 6.45) is 1.29. The molecule has 0 aromatic heterocycles. The first kappa shape index (κ1) is 15.2.